The molecule has 3 fully saturated rings. The maximum absolute atomic E-state index is 12.8. The van der Waals surface area contributed by atoms with Gasteiger partial charge in [-0.25, -0.2) is 13.2 Å². The largest absolute Gasteiger partial charge is 0.490 e. The summed E-state index contributed by atoms with van der Waals surface area (Å²) in [6.07, 6.45) is -2.00. The molecule has 8 nitrogen and oxygen atoms in total. The Bertz CT molecular complexity index is 997. The molecule has 0 aromatic carbocycles. The van der Waals surface area contributed by atoms with E-state index < -0.39 is 26.7 Å². The first-order valence-electron chi connectivity index (χ1n) is 10.6. The molecule has 3 aliphatic rings. The molecule has 1 atom stereocenters. The van der Waals surface area contributed by atoms with Crippen LogP contribution in [0.1, 0.15) is 41.0 Å². The maximum atomic E-state index is 12.8. The van der Waals surface area contributed by atoms with Gasteiger partial charge < -0.3 is 14.7 Å². The molecule has 1 aromatic heterocycles. The fourth-order valence-electron chi connectivity index (χ4n) is 4.25. The lowest BCUT2D eigenvalue weighted by atomic mass is 9.83. The minimum Gasteiger partial charge on any atom is -0.475 e. The lowest BCUT2D eigenvalue weighted by molar-refractivity contribution is -0.192. The highest BCUT2D eigenvalue weighted by molar-refractivity contribution is 7.93. The third-order valence-corrected chi connectivity index (χ3v) is 8.85. The van der Waals surface area contributed by atoms with Crippen molar-refractivity contribution in [2.45, 2.75) is 44.0 Å². The number of hydrogen-bond donors (Lipinski definition) is 1. The van der Waals surface area contributed by atoms with Gasteiger partial charge in [0.25, 0.3) is 5.91 Å². The smallest absolute Gasteiger partial charge is 0.475 e. The lowest BCUT2D eigenvalue weighted by Gasteiger charge is -2.49. The summed E-state index contributed by atoms with van der Waals surface area (Å²) in [5.74, 6) is -1.99. The highest BCUT2D eigenvalue weighted by Crippen LogP contribution is 2.45. The Hall–Kier alpha value is -2.21. The number of carboxylic acids is 1. The SMILES string of the molecule is Cc1cc(C(=O)N2CC3(C2)C(COCC2CC2)CCS3(=O)=O)cc(C)n1.O=C(O)C(F)(F)F. The van der Waals surface area contributed by atoms with Crippen LogP contribution in [0.3, 0.4) is 0 Å². The molecular formula is C21H27F3N2O6S. The van der Waals surface area contributed by atoms with Crippen molar-refractivity contribution in [2.75, 3.05) is 32.1 Å². The number of carbonyl (C=O) groups excluding carboxylic acids is 1. The number of aliphatic carboxylic acids is 1. The van der Waals surface area contributed by atoms with Crippen molar-refractivity contribution in [1.82, 2.24) is 9.88 Å². The predicted molar refractivity (Wildman–Crippen MR) is 111 cm³/mol. The van der Waals surface area contributed by atoms with E-state index >= 15 is 0 Å². The van der Waals surface area contributed by atoms with Crippen molar-refractivity contribution in [3.8, 4) is 0 Å². The number of halogens is 3. The summed E-state index contributed by atoms with van der Waals surface area (Å²) in [6.45, 7) is 5.51. The molecule has 1 N–H and O–H groups in total. The number of ether oxygens (including phenoxy) is 1. The molecular weight excluding hydrogens is 465 g/mol. The molecule has 1 unspecified atom stereocenters. The maximum Gasteiger partial charge on any atom is 0.490 e. The summed E-state index contributed by atoms with van der Waals surface area (Å²) in [6, 6.07) is 3.53. The number of carbonyl (C=O) groups is 2. The normalized spacial score (nSPS) is 22.9. The van der Waals surface area contributed by atoms with Gasteiger partial charge in [-0.2, -0.15) is 13.2 Å². The van der Waals surface area contributed by atoms with Crippen molar-refractivity contribution >= 4 is 21.7 Å². The first kappa shape index (κ1) is 25.4. The van der Waals surface area contributed by atoms with E-state index in [9.17, 15) is 26.4 Å². The van der Waals surface area contributed by atoms with Gasteiger partial charge in [0, 0.05) is 42.6 Å². The van der Waals surface area contributed by atoms with Crippen LogP contribution in [0.25, 0.3) is 0 Å². The van der Waals surface area contributed by atoms with Crippen molar-refractivity contribution in [1.29, 1.82) is 0 Å². The predicted octanol–water partition coefficient (Wildman–Crippen LogP) is 2.39. The number of pyridine rings is 1. The molecule has 184 valence electrons. The number of likely N-dealkylation sites (tertiary alicyclic amines) is 1. The van der Waals surface area contributed by atoms with E-state index in [2.05, 4.69) is 4.98 Å². The second kappa shape index (κ2) is 9.21. The number of hydrogen-bond acceptors (Lipinski definition) is 6. The molecule has 1 saturated carbocycles. The van der Waals surface area contributed by atoms with Crippen LogP contribution in [0.15, 0.2) is 12.1 Å². The lowest BCUT2D eigenvalue weighted by Crippen LogP contribution is -2.68. The monoisotopic (exact) mass is 492 g/mol. The fraction of sp³-hybridized carbons (Fsp3) is 0.667. The standard InChI is InChI=1S/C19H26N2O4S.C2HF3O2/c1-13-7-16(8-14(2)20-13)18(22)21-11-19(12-21)17(5-6-26(19,23)24)10-25-9-15-3-4-15;3-2(4,5)1(6)7/h7-8,15,17H,3-6,9-12H2,1-2H3;(H,6,7). The first-order valence-corrected chi connectivity index (χ1v) is 12.2. The number of rotatable bonds is 5. The Morgan fingerprint density at radius 3 is 2.18 bits per heavy atom. The summed E-state index contributed by atoms with van der Waals surface area (Å²) >= 11 is 0. The van der Waals surface area contributed by atoms with Crippen LogP contribution in [0.4, 0.5) is 13.2 Å². The number of sulfone groups is 1. The molecule has 1 aliphatic carbocycles. The molecule has 1 spiro atoms. The van der Waals surface area contributed by atoms with Gasteiger partial charge in [0.2, 0.25) is 0 Å². The van der Waals surface area contributed by atoms with E-state index in [-0.39, 0.29) is 30.7 Å². The fourth-order valence-corrected chi connectivity index (χ4v) is 6.65. The molecule has 1 aromatic rings. The zero-order valence-corrected chi connectivity index (χ0v) is 19.2. The van der Waals surface area contributed by atoms with Crippen LogP contribution in [0.2, 0.25) is 0 Å². The topological polar surface area (TPSA) is 114 Å². The molecule has 1 amide bonds. The third kappa shape index (κ3) is 5.65. The van der Waals surface area contributed by atoms with Crippen molar-refractivity contribution in [3.05, 3.63) is 29.1 Å². The van der Waals surface area contributed by atoms with E-state index in [1.54, 1.807) is 17.0 Å². The van der Waals surface area contributed by atoms with Crippen LogP contribution < -0.4 is 0 Å². The highest BCUT2D eigenvalue weighted by Gasteiger charge is 2.62. The Labute approximate surface area is 190 Å². The zero-order chi connectivity index (χ0) is 24.6. The summed E-state index contributed by atoms with van der Waals surface area (Å²) in [7, 11) is -3.19. The Morgan fingerprint density at radius 1 is 1.15 bits per heavy atom. The molecule has 33 heavy (non-hydrogen) atoms. The average molecular weight is 493 g/mol. The first-order chi connectivity index (χ1) is 15.2. The minimum atomic E-state index is -5.08. The molecule has 2 saturated heterocycles. The number of amides is 1. The van der Waals surface area contributed by atoms with Crippen LogP contribution >= 0.6 is 0 Å². The Morgan fingerprint density at radius 2 is 1.70 bits per heavy atom. The van der Waals surface area contributed by atoms with Crippen molar-refractivity contribution < 1.29 is 41.0 Å². The van der Waals surface area contributed by atoms with Crippen molar-refractivity contribution in [2.24, 2.45) is 11.8 Å². The highest BCUT2D eigenvalue weighted by atomic mass is 32.2. The van der Waals surface area contributed by atoms with Crippen LogP contribution in [0, 0.1) is 25.7 Å². The molecule has 0 radical (unpaired) electrons. The van der Waals surface area contributed by atoms with Crippen molar-refractivity contribution in [3.63, 3.8) is 0 Å². The molecule has 12 heteroatoms. The minimum absolute atomic E-state index is 0.00351. The number of alkyl halides is 3. The Balaban J connectivity index is 0.000000383. The molecule has 0 bridgehead atoms. The van der Waals surface area contributed by atoms with Gasteiger partial charge in [0.05, 0.1) is 12.4 Å². The van der Waals surface area contributed by atoms with Gasteiger partial charge in [-0.3, -0.25) is 9.78 Å². The summed E-state index contributed by atoms with van der Waals surface area (Å²) in [5.41, 5.74) is 2.17. The zero-order valence-electron chi connectivity index (χ0n) is 18.4. The van der Waals surface area contributed by atoms with E-state index in [1.165, 1.54) is 12.8 Å². The van der Waals surface area contributed by atoms with E-state index in [0.717, 1.165) is 18.0 Å². The van der Waals surface area contributed by atoms with Crippen LogP contribution in [-0.2, 0) is 19.4 Å². The van der Waals surface area contributed by atoms with Crippen LogP contribution in [-0.4, -0.2) is 78.3 Å². The second-order valence-electron chi connectivity index (χ2n) is 8.95. The number of aryl methyl sites for hydroxylation is 2. The number of carboxylic acid groups (broad SMARTS) is 1. The third-order valence-electron chi connectivity index (χ3n) is 6.24. The van der Waals surface area contributed by atoms with Gasteiger partial charge in [-0.15, -0.1) is 0 Å². The number of aromatic nitrogens is 1. The quantitative estimate of drug-likeness (QED) is 0.671. The molecule has 3 heterocycles. The molecule has 2 aliphatic heterocycles. The van der Waals surface area contributed by atoms with E-state index in [4.69, 9.17) is 14.6 Å². The van der Waals surface area contributed by atoms with Crippen LogP contribution in [0.5, 0.6) is 0 Å². The van der Waals surface area contributed by atoms with E-state index in [0.29, 0.717) is 24.5 Å². The summed E-state index contributed by atoms with van der Waals surface area (Å²) in [4.78, 5) is 27.6. The van der Waals surface area contributed by atoms with Gasteiger partial charge in [0.1, 0.15) is 4.75 Å². The van der Waals surface area contributed by atoms with Gasteiger partial charge in [-0.1, -0.05) is 0 Å². The van der Waals surface area contributed by atoms with Gasteiger partial charge in [-0.05, 0) is 51.2 Å². The average Bonchev–Trinajstić information content (AvgIpc) is 3.43. The number of nitrogens with zero attached hydrogens (tertiary/aromatic N) is 2. The summed E-state index contributed by atoms with van der Waals surface area (Å²) in [5, 5.41) is 7.12. The summed E-state index contributed by atoms with van der Waals surface area (Å²) < 4.78 is 62.1. The second-order valence-corrected chi connectivity index (χ2v) is 11.4. The van der Waals surface area contributed by atoms with Gasteiger partial charge >= 0.3 is 12.1 Å². The Kier molecular flexibility index (Phi) is 7.09. The van der Waals surface area contributed by atoms with E-state index in [1.807, 2.05) is 13.8 Å². The molecule has 4 rings (SSSR count). The van der Waals surface area contributed by atoms with Gasteiger partial charge in [0.15, 0.2) is 9.84 Å².